The highest BCUT2D eigenvalue weighted by atomic mass is 19.1. The summed E-state index contributed by atoms with van der Waals surface area (Å²) in [7, 11) is 1.66. The third-order valence-electron chi connectivity index (χ3n) is 3.66. The number of nitrogens with two attached hydrogens (primary N) is 1. The van der Waals surface area contributed by atoms with E-state index >= 15 is 0 Å². The predicted molar refractivity (Wildman–Crippen MR) is 86.0 cm³/mol. The molecular weight excluding hydrogens is 281 g/mol. The first-order valence-corrected chi connectivity index (χ1v) is 7.37. The van der Waals surface area contributed by atoms with Crippen molar-refractivity contribution in [2.24, 2.45) is 5.73 Å². The highest BCUT2D eigenvalue weighted by Gasteiger charge is 2.15. The van der Waals surface area contributed by atoms with Gasteiger partial charge >= 0.3 is 0 Å². The lowest BCUT2D eigenvalue weighted by atomic mass is 9.94. The summed E-state index contributed by atoms with van der Waals surface area (Å²) < 4.78 is 23.9. The fourth-order valence-electron chi connectivity index (χ4n) is 2.42. The average Bonchev–Trinajstić information content (AvgIpc) is 2.53. The zero-order chi connectivity index (χ0) is 15.9. The topological polar surface area (TPSA) is 44.5 Å². The van der Waals surface area contributed by atoms with Gasteiger partial charge in [-0.05, 0) is 55.8 Å². The van der Waals surface area contributed by atoms with Crippen LogP contribution in [0.2, 0.25) is 0 Å². The molecule has 0 fully saturated rings. The molecule has 2 aromatic carbocycles. The predicted octanol–water partition coefficient (Wildman–Crippen LogP) is 3.65. The summed E-state index contributed by atoms with van der Waals surface area (Å²) in [6.45, 7) is 3.09. The molecule has 0 heterocycles. The van der Waals surface area contributed by atoms with Crippen LogP contribution in [0.1, 0.15) is 23.5 Å². The van der Waals surface area contributed by atoms with E-state index in [0.717, 1.165) is 17.7 Å². The molecule has 0 spiro atoms. The molecule has 0 saturated heterocycles. The molecule has 2 aromatic rings. The summed E-state index contributed by atoms with van der Waals surface area (Å²) >= 11 is 0. The van der Waals surface area contributed by atoms with Crippen LogP contribution >= 0.6 is 0 Å². The fraction of sp³-hybridized carbons (Fsp3) is 0.333. The van der Waals surface area contributed by atoms with Gasteiger partial charge in [0.05, 0.1) is 13.7 Å². The van der Waals surface area contributed by atoms with Gasteiger partial charge in [0.1, 0.15) is 17.3 Å². The molecule has 0 aliphatic heterocycles. The van der Waals surface area contributed by atoms with Crippen LogP contribution in [-0.4, -0.2) is 20.3 Å². The van der Waals surface area contributed by atoms with E-state index in [2.05, 4.69) is 6.07 Å². The van der Waals surface area contributed by atoms with Gasteiger partial charge in [-0.1, -0.05) is 17.7 Å². The Morgan fingerprint density at radius 1 is 1.14 bits per heavy atom. The van der Waals surface area contributed by atoms with Crippen LogP contribution in [0.5, 0.6) is 11.5 Å². The normalized spacial score (nSPS) is 12.0. The maximum atomic E-state index is 12.8. The van der Waals surface area contributed by atoms with Crippen molar-refractivity contribution < 1.29 is 13.9 Å². The van der Waals surface area contributed by atoms with E-state index in [9.17, 15) is 4.39 Å². The number of hydrogen-bond acceptors (Lipinski definition) is 3. The van der Waals surface area contributed by atoms with Crippen LogP contribution < -0.4 is 15.2 Å². The molecule has 4 heteroatoms. The second kappa shape index (κ2) is 7.80. The minimum absolute atomic E-state index is 0.162. The van der Waals surface area contributed by atoms with Crippen molar-refractivity contribution in [2.45, 2.75) is 19.3 Å². The van der Waals surface area contributed by atoms with Gasteiger partial charge in [-0.15, -0.1) is 0 Å². The standard InChI is InChI=1S/C18H22FNO2/c1-13-3-8-18(21-2)17(11-13)14(12-20)9-10-22-16-6-4-15(19)5-7-16/h3-8,11,14H,9-10,12,20H2,1-2H3. The van der Waals surface area contributed by atoms with E-state index < -0.39 is 0 Å². The minimum Gasteiger partial charge on any atom is -0.496 e. The Kier molecular flexibility index (Phi) is 5.78. The Labute approximate surface area is 130 Å². The maximum absolute atomic E-state index is 12.8. The summed E-state index contributed by atoms with van der Waals surface area (Å²) in [5, 5.41) is 0. The Bertz CT molecular complexity index is 599. The summed E-state index contributed by atoms with van der Waals surface area (Å²) in [6, 6.07) is 12.1. The highest BCUT2D eigenvalue weighted by Crippen LogP contribution is 2.29. The van der Waals surface area contributed by atoms with E-state index in [-0.39, 0.29) is 11.7 Å². The SMILES string of the molecule is COc1ccc(C)cc1C(CN)CCOc1ccc(F)cc1. The summed E-state index contributed by atoms with van der Waals surface area (Å²) in [6.07, 6.45) is 0.772. The zero-order valence-electron chi connectivity index (χ0n) is 13.0. The summed E-state index contributed by atoms with van der Waals surface area (Å²) in [5.74, 6) is 1.41. The van der Waals surface area contributed by atoms with Crippen LogP contribution in [0.4, 0.5) is 4.39 Å². The van der Waals surface area contributed by atoms with E-state index in [1.54, 1.807) is 19.2 Å². The molecule has 0 saturated carbocycles. The van der Waals surface area contributed by atoms with Crippen LogP contribution in [0.3, 0.4) is 0 Å². The second-order valence-corrected chi connectivity index (χ2v) is 5.27. The van der Waals surface area contributed by atoms with Gasteiger partial charge in [0.25, 0.3) is 0 Å². The number of halogens is 1. The molecular formula is C18H22FNO2. The van der Waals surface area contributed by atoms with Gasteiger partial charge in [-0.2, -0.15) is 0 Å². The number of ether oxygens (including phenoxy) is 2. The monoisotopic (exact) mass is 303 g/mol. The molecule has 3 nitrogen and oxygen atoms in total. The minimum atomic E-state index is -0.267. The third kappa shape index (κ3) is 4.21. The highest BCUT2D eigenvalue weighted by molar-refractivity contribution is 5.39. The van der Waals surface area contributed by atoms with Crippen molar-refractivity contribution in [3.05, 3.63) is 59.4 Å². The molecule has 0 aliphatic carbocycles. The lowest BCUT2D eigenvalue weighted by molar-refractivity contribution is 0.296. The van der Waals surface area contributed by atoms with Crippen molar-refractivity contribution >= 4 is 0 Å². The maximum Gasteiger partial charge on any atom is 0.123 e. The van der Waals surface area contributed by atoms with E-state index in [1.807, 2.05) is 19.1 Å². The van der Waals surface area contributed by atoms with Crippen molar-refractivity contribution in [2.75, 3.05) is 20.3 Å². The first kappa shape index (κ1) is 16.3. The lowest BCUT2D eigenvalue weighted by Gasteiger charge is -2.19. The van der Waals surface area contributed by atoms with E-state index in [4.69, 9.17) is 15.2 Å². The van der Waals surface area contributed by atoms with Gasteiger partial charge in [0.15, 0.2) is 0 Å². The van der Waals surface area contributed by atoms with Crippen LogP contribution in [0.15, 0.2) is 42.5 Å². The summed E-state index contributed by atoms with van der Waals surface area (Å²) in [4.78, 5) is 0. The van der Waals surface area contributed by atoms with Crippen molar-refractivity contribution in [3.63, 3.8) is 0 Å². The van der Waals surface area contributed by atoms with Crippen molar-refractivity contribution in [1.29, 1.82) is 0 Å². The van der Waals surface area contributed by atoms with Crippen LogP contribution in [-0.2, 0) is 0 Å². The number of hydrogen-bond donors (Lipinski definition) is 1. The molecule has 22 heavy (non-hydrogen) atoms. The third-order valence-corrected chi connectivity index (χ3v) is 3.66. The number of methoxy groups -OCH3 is 1. The fourth-order valence-corrected chi connectivity index (χ4v) is 2.42. The van der Waals surface area contributed by atoms with E-state index in [1.165, 1.54) is 17.7 Å². The molecule has 2 N–H and O–H groups in total. The van der Waals surface area contributed by atoms with Crippen molar-refractivity contribution in [3.8, 4) is 11.5 Å². The van der Waals surface area contributed by atoms with Gasteiger partial charge in [-0.3, -0.25) is 0 Å². The van der Waals surface area contributed by atoms with Crippen molar-refractivity contribution in [1.82, 2.24) is 0 Å². The Morgan fingerprint density at radius 2 is 1.86 bits per heavy atom. The molecule has 0 radical (unpaired) electrons. The smallest absolute Gasteiger partial charge is 0.123 e. The molecule has 0 amide bonds. The molecule has 1 unspecified atom stereocenters. The quantitative estimate of drug-likeness (QED) is 0.849. The van der Waals surface area contributed by atoms with Gasteiger partial charge in [0.2, 0.25) is 0 Å². The molecule has 0 aromatic heterocycles. The number of aryl methyl sites for hydroxylation is 1. The summed E-state index contributed by atoms with van der Waals surface area (Å²) in [5.41, 5.74) is 8.20. The number of rotatable bonds is 7. The average molecular weight is 303 g/mol. The largest absolute Gasteiger partial charge is 0.496 e. The first-order chi connectivity index (χ1) is 10.6. The molecule has 118 valence electrons. The Hall–Kier alpha value is -2.07. The van der Waals surface area contributed by atoms with Gasteiger partial charge in [-0.25, -0.2) is 4.39 Å². The molecule has 2 rings (SSSR count). The van der Waals surface area contributed by atoms with Gasteiger partial charge in [0, 0.05) is 5.92 Å². The first-order valence-electron chi connectivity index (χ1n) is 7.37. The van der Waals surface area contributed by atoms with Crippen LogP contribution in [0.25, 0.3) is 0 Å². The Morgan fingerprint density at radius 3 is 2.50 bits per heavy atom. The molecule has 0 bridgehead atoms. The second-order valence-electron chi connectivity index (χ2n) is 5.27. The number of benzene rings is 2. The Balaban J connectivity index is 2.00. The zero-order valence-corrected chi connectivity index (χ0v) is 13.0. The molecule has 0 aliphatic rings. The van der Waals surface area contributed by atoms with Crippen LogP contribution in [0, 0.1) is 12.7 Å². The lowest BCUT2D eigenvalue weighted by Crippen LogP contribution is -2.16. The van der Waals surface area contributed by atoms with E-state index in [0.29, 0.717) is 18.9 Å². The molecule has 1 atom stereocenters. The van der Waals surface area contributed by atoms with Gasteiger partial charge < -0.3 is 15.2 Å².